The molecule has 1 aliphatic rings. The van der Waals surface area contributed by atoms with Crippen LogP contribution in [0.25, 0.3) is 11.1 Å². The van der Waals surface area contributed by atoms with E-state index >= 15 is 0 Å². The summed E-state index contributed by atoms with van der Waals surface area (Å²) in [4.78, 5) is 4.19. The molecule has 0 aliphatic carbocycles. The van der Waals surface area contributed by atoms with Crippen molar-refractivity contribution in [3.8, 4) is 11.1 Å². The number of aromatic nitrogens is 1. The van der Waals surface area contributed by atoms with E-state index in [1.54, 1.807) is 12.4 Å². The van der Waals surface area contributed by atoms with Gasteiger partial charge in [-0.3, -0.25) is 4.98 Å². The van der Waals surface area contributed by atoms with E-state index in [0.29, 0.717) is 0 Å². The van der Waals surface area contributed by atoms with Crippen LogP contribution in [0.15, 0.2) is 73.1 Å². The third-order valence-electron chi connectivity index (χ3n) is 3.79. The first-order chi connectivity index (χ1) is 9.82. The van der Waals surface area contributed by atoms with Crippen LogP contribution >= 0.6 is 7.14 Å². The van der Waals surface area contributed by atoms with E-state index in [1.807, 2.05) is 60.7 Å². The Hall–Kier alpha value is -2.18. The van der Waals surface area contributed by atoms with Gasteiger partial charge in [-0.1, -0.05) is 54.6 Å². The highest BCUT2D eigenvalue weighted by molar-refractivity contribution is 7.86. The fraction of sp³-hybridized carbons (Fsp3) is 0. The normalized spacial score (nSPS) is 19.4. The van der Waals surface area contributed by atoms with Crippen LogP contribution in [-0.4, -0.2) is 4.98 Å². The van der Waals surface area contributed by atoms with Gasteiger partial charge in [0, 0.05) is 28.3 Å². The van der Waals surface area contributed by atoms with Gasteiger partial charge in [-0.2, -0.15) is 0 Å². The topological polar surface area (TPSA) is 30.0 Å². The molecule has 2 aromatic carbocycles. The third kappa shape index (κ3) is 1.40. The Morgan fingerprint density at radius 3 is 2.30 bits per heavy atom. The van der Waals surface area contributed by atoms with Crippen LogP contribution in [-0.2, 0) is 4.57 Å². The van der Waals surface area contributed by atoms with Gasteiger partial charge in [0.1, 0.15) is 0 Å². The summed E-state index contributed by atoms with van der Waals surface area (Å²) in [5.74, 6) is 0. The summed E-state index contributed by atoms with van der Waals surface area (Å²) in [5, 5.41) is 2.65. The molecule has 0 bridgehead atoms. The number of hydrogen-bond acceptors (Lipinski definition) is 2. The van der Waals surface area contributed by atoms with Crippen LogP contribution in [0.3, 0.4) is 0 Å². The lowest BCUT2D eigenvalue weighted by atomic mass is 10.1. The standard InChI is InChI=1S/C17H12NOP/c19-20(13-6-2-1-3-7-13)16-9-5-4-8-14(16)15-10-11-18-12-17(15)20/h1-12H. The molecule has 96 valence electrons. The Kier molecular flexibility index (Phi) is 2.42. The summed E-state index contributed by atoms with van der Waals surface area (Å²) in [7, 11) is -2.76. The summed E-state index contributed by atoms with van der Waals surface area (Å²) >= 11 is 0. The Labute approximate surface area is 117 Å². The van der Waals surface area contributed by atoms with E-state index in [-0.39, 0.29) is 0 Å². The Morgan fingerprint density at radius 2 is 1.45 bits per heavy atom. The average molecular weight is 277 g/mol. The van der Waals surface area contributed by atoms with Gasteiger partial charge in [0.25, 0.3) is 0 Å². The number of fused-ring (bicyclic) bond motifs is 3. The van der Waals surface area contributed by atoms with Crippen molar-refractivity contribution in [2.24, 2.45) is 0 Å². The largest absolute Gasteiger partial charge is 0.309 e. The van der Waals surface area contributed by atoms with Crippen molar-refractivity contribution in [1.29, 1.82) is 0 Å². The first-order valence-electron chi connectivity index (χ1n) is 6.52. The second kappa shape index (κ2) is 4.16. The predicted octanol–water partition coefficient (Wildman–Crippen LogP) is 2.70. The van der Waals surface area contributed by atoms with E-state index in [2.05, 4.69) is 4.98 Å². The molecule has 3 heteroatoms. The smallest absolute Gasteiger partial charge is 0.173 e. The van der Waals surface area contributed by atoms with Gasteiger partial charge >= 0.3 is 0 Å². The molecule has 0 radical (unpaired) electrons. The van der Waals surface area contributed by atoms with E-state index in [0.717, 1.165) is 27.0 Å². The minimum atomic E-state index is -2.76. The number of hydrogen-bond donors (Lipinski definition) is 0. The van der Waals surface area contributed by atoms with E-state index in [9.17, 15) is 4.57 Å². The molecule has 1 atom stereocenters. The number of rotatable bonds is 1. The van der Waals surface area contributed by atoms with E-state index < -0.39 is 7.14 Å². The fourth-order valence-corrected chi connectivity index (χ4v) is 5.89. The van der Waals surface area contributed by atoms with Crippen molar-refractivity contribution in [2.45, 2.75) is 0 Å². The maximum Gasteiger partial charge on any atom is 0.173 e. The van der Waals surface area contributed by atoms with Crippen molar-refractivity contribution in [3.05, 3.63) is 73.1 Å². The minimum absolute atomic E-state index is 0.854. The van der Waals surface area contributed by atoms with Crippen molar-refractivity contribution in [1.82, 2.24) is 4.98 Å². The van der Waals surface area contributed by atoms with E-state index in [4.69, 9.17) is 0 Å². The van der Waals surface area contributed by atoms with Crippen LogP contribution in [0.1, 0.15) is 0 Å². The van der Waals surface area contributed by atoms with E-state index in [1.165, 1.54) is 0 Å². The van der Waals surface area contributed by atoms with Crippen LogP contribution in [0.2, 0.25) is 0 Å². The number of pyridine rings is 1. The Balaban J connectivity index is 2.13. The number of benzene rings is 2. The quantitative estimate of drug-likeness (QED) is 0.501. The van der Waals surface area contributed by atoms with Crippen molar-refractivity contribution >= 4 is 23.1 Å². The molecule has 0 amide bonds. The highest BCUT2D eigenvalue weighted by atomic mass is 31.2. The first-order valence-corrected chi connectivity index (χ1v) is 8.23. The van der Waals surface area contributed by atoms with Crippen LogP contribution in [0.5, 0.6) is 0 Å². The second-order valence-corrected chi connectivity index (χ2v) is 7.55. The summed E-state index contributed by atoms with van der Waals surface area (Å²) < 4.78 is 13.8. The molecule has 0 saturated carbocycles. The van der Waals surface area contributed by atoms with Crippen LogP contribution in [0.4, 0.5) is 0 Å². The Bertz CT molecular complexity index is 793. The summed E-state index contributed by atoms with van der Waals surface area (Å²) in [5.41, 5.74) is 2.11. The molecule has 4 rings (SSSR count). The monoisotopic (exact) mass is 277 g/mol. The van der Waals surface area contributed by atoms with Gasteiger partial charge < -0.3 is 4.57 Å². The lowest BCUT2D eigenvalue weighted by Gasteiger charge is -2.14. The summed E-state index contributed by atoms with van der Waals surface area (Å²) in [6, 6.07) is 19.6. The van der Waals surface area contributed by atoms with Crippen molar-refractivity contribution in [2.75, 3.05) is 0 Å². The molecule has 1 unspecified atom stereocenters. The molecule has 1 aromatic heterocycles. The zero-order valence-corrected chi connectivity index (χ0v) is 11.6. The van der Waals surface area contributed by atoms with Gasteiger partial charge in [0.05, 0.1) is 0 Å². The highest BCUT2D eigenvalue weighted by Gasteiger charge is 2.39. The molecule has 2 heterocycles. The SMILES string of the molecule is O=P1(c2ccccc2)c2ccccc2-c2ccncc21. The molecular weight excluding hydrogens is 265 g/mol. The van der Waals surface area contributed by atoms with Crippen molar-refractivity contribution < 1.29 is 4.57 Å². The molecule has 1 aliphatic heterocycles. The zero-order valence-electron chi connectivity index (χ0n) is 10.7. The summed E-state index contributed by atoms with van der Waals surface area (Å²) in [6.45, 7) is 0. The number of nitrogens with zero attached hydrogens (tertiary/aromatic N) is 1. The van der Waals surface area contributed by atoms with Gasteiger partial charge in [0.2, 0.25) is 0 Å². The molecule has 2 nitrogen and oxygen atoms in total. The Morgan fingerprint density at radius 1 is 0.750 bits per heavy atom. The molecule has 0 N–H and O–H groups in total. The molecule has 3 aromatic rings. The maximum absolute atomic E-state index is 13.8. The van der Waals surface area contributed by atoms with Crippen molar-refractivity contribution in [3.63, 3.8) is 0 Å². The molecule has 0 fully saturated rings. The minimum Gasteiger partial charge on any atom is -0.309 e. The molecule has 0 saturated heterocycles. The molecular formula is C17H12NOP. The lowest BCUT2D eigenvalue weighted by molar-refractivity contribution is 0.593. The second-order valence-electron chi connectivity index (χ2n) is 4.85. The van der Waals surface area contributed by atoms with Crippen LogP contribution < -0.4 is 15.9 Å². The van der Waals surface area contributed by atoms with Crippen LogP contribution in [0, 0.1) is 0 Å². The maximum atomic E-state index is 13.8. The van der Waals surface area contributed by atoms with Gasteiger partial charge in [0.15, 0.2) is 7.14 Å². The van der Waals surface area contributed by atoms with Gasteiger partial charge in [-0.15, -0.1) is 0 Å². The van der Waals surface area contributed by atoms with Gasteiger partial charge in [-0.25, -0.2) is 0 Å². The zero-order chi connectivity index (χ0) is 13.6. The fourth-order valence-electron chi connectivity index (χ4n) is 2.89. The molecule has 0 spiro atoms. The molecule has 20 heavy (non-hydrogen) atoms. The third-order valence-corrected chi connectivity index (χ3v) is 6.92. The van der Waals surface area contributed by atoms with Gasteiger partial charge in [-0.05, 0) is 17.2 Å². The summed E-state index contributed by atoms with van der Waals surface area (Å²) in [6.07, 6.45) is 3.51. The highest BCUT2D eigenvalue weighted by Crippen LogP contribution is 2.51. The average Bonchev–Trinajstić information content (AvgIpc) is 2.80. The lowest BCUT2D eigenvalue weighted by Crippen LogP contribution is -2.20. The first kappa shape index (κ1) is 11.6. The predicted molar refractivity (Wildman–Crippen MR) is 82.6 cm³/mol.